The molecule has 0 aromatic heterocycles. The number of phenolic OH excluding ortho intramolecular Hbond substituents is 1. The molecule has 1 N–H and O–H groups in total. The largest absolute Gasteiger partial charge is 0.507 e. The lowest BCUT2D eigenvalue weighted by Gasteiger charge is -2.29. The molecule has 1 aromatic carbocycles. The van der Waals surface area contributed by atoms with Crippen LogP contribution in [0.25, 0.3) is 0 Å². The van der Waals surface area contributed by atoms with Gasteiger partial charge in [0.15, 0.2) is 0 Å². The summed E-state index contributed by atoms with van der Waals surface area (Å²) in [6, 6.07) is 4.20. The number of allylic oxidation sites excluding steroid dienone is 4. The molecule has 1 nitrogen and oxygen atoms in total. The third-order valence-corrected chi connectivity index (χ3v) is 3.71. The van der Waals surface area contributed by atoms with Crippen molar-refractivity contribution in [2.45, 2.75) is 39.5 Å². The summed E-state index contributed by atoms with van der Waals surface area (Å²) in [7, 11) is 0. The van der Waals surface area contributed by atoms with Gasteiger partial charge in [0.2, 0.25) is 0 Å². The third-order valence-electron chi connectivity index (χ3n) is 3.71. The second-order valence-corrected chi connectivity index (χ2v) is 5.36. The van der Waals surface area contributed by atoms with Crippen molar-refractivity contribution < 1.29 is 5.11 Å². The van der Waals surface area contributed by atoms with Crippen LogP contribution in [-0.2, 0) is 5.41 Å². The van der Waals surface area contributed by atoms with Crippen LogP contribution in [-0.4, -0.2) is 5.11 Å². The maximum Gasteiger partial charge on any atom is 0.121 e. The molecule has 0 radical (unpaired) electrons. The van der Waals surface area contributed by atoms with Crippen LogP contribution in [0.3, 0.4) is 0 Å². The summed E-state index contributed by atoms with van der Waals surface area (Å²) in [5, 5.41) is 9.83. The zero-order chi connectivity index (χ0) is 12.6. The summed E-state index contributed by atoms with van der Waals surface area (Å²) in [6.07, 6.45) is 7.76. The maximum atomic E-state index is 9.83. The Morgan fingerprint density at radius 1 is 1.12 bits per heavy atom. The van der Waals surface area contributed by atoms with Crippen molar-refractivity contribution in [3.63, 3.8) is 0 Å². The lowest BCUT2D eigenvalue weighted by Crippen LogP contribution is -2.20. The fourth-order valence-electron chi connectivity index (χ4n) is 2.32. The number of phenols is 1. The lowest BCUT2D eigenvalue weighted by atomic mass is 9.75. The average molecular weight is 228 g/mol. The molecule has 0 spiro atoms. The van der Waals surface area contributed by atoms with Crippen molar-refractivity contribution in [2.75, 3.05) is 0 Å². The Morgan fingerprint density at radius 2 is 1.71 bits per heavy atom. The lowest BCUT2D eigenvalue weighted by molar-refractivity contribution is 0.465. The second kappa shape index (κ2) is 4.06. The predicted octanol–water partition coefficient (Wildman–Crippen LogP) is 4.17. The Kier molecular flexibility index (Phi) is 2.86. The van der Waals surface area contributed by atoms with E-state index < -0.39 is 0 Å². The van der Waals surface area contributed by atoms with Gasteiger partial charge >= 0.3 is 0 Å². The summed E-state index contributed by atoms with van der Waals surface area (Å²) in [6.45, 7) is 8.30. The van der Waals surface area contributed by atoms with Gasteiger partial charge in [-0.2, -0.15) is 0 Å². The molecule has 90 valence electrons. The van der Waals surface area contributed by atoms with E-state index in [0.29, 0.717) is 5.75 Å². The van der Waals surface area contributed by atoms with Gasteiger partial charge in [-0.25, -0.2) is 0 Å². The van der Waals surface area contributed by atoms with E-state index in [1.54, 1.807) is 0 Å². The van der Waals surface area contributed by atoms with E-state index >= 15 is 0 Å². The van der Waals surface area contributed by atoms with E-state index in [2.05, 4.69) is 44.2 Å². The average Bonchev–Trinajstić information content (AvgIpc) is 2.29. The van der Waals surface area contributed by atoms with Gasteiger partial charge in [-0.15, -0.1) is 0 Å². The SMILES string of the molecule is CC1=CCC(C)(c2cc(C)c(O)c(C)c2)C=C1. The van der Waals surface area contributed by atoms with Crippen LogP contribution < -0.4 is 0 Å². The van der Waals surface area contributed by atoms with Crippen molar-refractivity contribution in [1.82, 2.24) is 0 Å². The Balaban J connectivity index is 2.45. The van der Waals surface area contributed by atoms with E-state index in [1.165, 1.54) is 11.1 Å². The summed E-state index contributed by atoms with van der Waals surface area (Å²) in [5.74, 6) is 0.420. The van der Waals surface area contributed by atoms with Crippen LogP contribution >= 0.6 is 0 Å². The van der Waals surface area contributed by atoms with Crippen molar-refractivity contribution in [2.24, 2.45) is 0 Å². The number of aromatic hydroxyl groups is 1. The molecule has 0 heterocycles. The highest BCUT2D eigenvalue weighted by atomic mass is 16.3. The van der Waals surface area contributed by atoms with Crippen molar-refractivity contribution in [3.05, 3.63) is 52.6 Å². The van der Waals surface area contributed by atoms with Crippen LogP contribution in [0.15, 0.2) is 35.9 Å². The normalized spacial score (nSPS) is 23.6. The minimum atomic E-state index is 0.0583. The maximum absolute atomic E-state index is 9.83. The standard InChI is InChI=1S/C16H20O/c1-11-5-7-16(4,8-6-11)14-9-12(2)15(17)13(3)10-14/h5-7,9-10,17H,8H2,1-4H3. The number of hydrogen-bond donors (Lipinski definition) is 1. The minimum absolute atomic E-state index is 0.0583. The van der Waals surface area contributed by atoms with Gasteiger partial charge in [0.1, 0.15) is 5.75 Å². The number of benzene rings is 1. The Morgan fingerprint density at radius 3 is 2.18 bits per heavy atom. The molecular formula is C16H20O. The Bertz CT molecular complexity index is 485. The smallest absolute Gasteiger partial charge is 0.121 e. The Labute approximate surface area is 103 Å². The topological polar surface area (TPSA) is 20.2 Å². The zero-order valence-corrected chi connectivity index (χ0v) is 11.0. The van der Waals surface area contributed by atoms with Crippen LogP contribution in [0, 0.1) is 13.8 Å². The number of aryl methyl sites for hydroxylation is 2. The quantitative estimate of drug-likeness (QED) is 0.764. The van der Waals surface area contributed by atoms with Gasteiger partial charge in [0.05, 0.1) is 0 Å². The molecule has 1 atom stereocenters. The Hall–Kier alpha value is -1.50. The number of hydrogen-bond acceptors (Lipinski definition) is 1. The molecule has 17 heavy (non-hydrogen) atoms. The zero-order valence-electron chi connectivity index (χ0n) is 11.0. The molecule has 1 aromatic rings. The highest BCUT2D eigenvalue weighted by molar-refractivity contribution is 5.47. The summed E-state index contributed by atoms with van der Waals surface area (Å²) in [4.78, 5) is 0. The van der Waals surface area contributed by atoms with Crippen molar-refractivity contribution >= 4 is 0 Å². The van der Waals surface area contributed by atoms with Crippen molar-refractivity contribution in [1.29, 1.82) is 0 Å². The molecule has 1 unspecified atom stereocenters. The molecule has 0 bridgehead atoms. The third kappa shape index (κ3) is 2.14. The molecule has 0 fully saturated rings. The van der Waals surface area contributed by atoms with E-state index in [1.807, 2.05) is 13.8 Å². The highest BCUT2D eigenvalue weighted by Crippen LogP contribution is 2.36. The van der Waals surface area contributed by atoms with E-state index in [9.17, 15) is 5.11 Å². The fourth-order valence-corrected chi connectivity index (χ4v) is 2.32. The van der Waals surface area contributed by atoms with Gasteiger partial charge in [-0.05, 0) is 43.9 Å². The first kappa shape index (κ1) is 12.0. The predicted molar refractivity (Wildman–Crippen MR) is 72.4 cm³/mol. The van der Waals surface area contributed by atoms with Crippen molar-refractivity contribution in [3.8, 4) is 5.75 Å². The molecule has 0 amide bonds. The van der Waals surface area contributed by atoms with Crippen LogP contribution in [0.4, 0.5) is 0 Å². The highest BCUT2D eigenvalue weighted by Gasteiger charge is 2.25. The number of rotatable bonds is 1. The molecular weight excluding hydrogens is 208 g/mol. The molecule has 0 aliphatic heterocycles. The van der Waals surface area contributed by atoms with E-state index in [0.717, 1.165) is 17.5 Å². The molecule has 0 saturated heterocycles. The minimum Gasteiger partial charge on any atom is -0.507 e. The van der Waals surface area contributed by atoms with Gasteiger partial charge < -0.3 is 5.11 Å². The van der Waals surface area contributed by atoms with E-state index in [-0.39, 0.29) is 5.41 Å². The summed E-state index contributed by atoms with van der Waals surface area (Å²) in [5.41, 5.74) is 4.59. The molecule has 1 heteroatoms. The van der Waals surface area contributed by atoms with Crippen LogP contribution in [0.1, 0.15) is 37.0 Å². The first-order chi connectivity index (χ1) is 7.92. The van der Waals surface area contributed by atoms with Crippen LogP contribution in [0.5, 0.6) is 5.75 Å². The van der Waals surface area contributed by atoms with Crippen LogP contribution in [0.2, 0.25) is 0 Å². The second-order valence-electron chi connectivity index (χ2n) is 5.36. The first-order valence-electron chi connectivity index (χ1n) is 6.09. The summed E-state index contributed by atoms with van der Waals surface area (Å²) < 4.78 is 0. The van der Waals surface area contributed by atoms with Gasteiger partial charge in [-0.3, -0.25) is 0 Å². The monoisotopic (exact) mass is 228 g/mol. The van der Waals surface area contributed by atoms with Gasteiger partial charge in [0, 0.05) is 5.41 Å². The first-order valence-corrected chi connectivity index (χ1v) is 6.09. The van der Waals surface area contributed by atoms with Gasteiger partial charge in [-0.1, -0.05) is 42.9 Å². The molecule has 0 saturated carbocycles. The van der Waals surface area contributed by atoms with E-state index in [4.69, 9.17) is 0 Å². The van der Waals surface area contributed by atoms with Gasteiger partial charge in [0.25, 0.3) is 0 Å². The fraction of sp³-hybridized carbons (Fsp3) is 0.375. The molecule has 1 aliphatic rings. The summed E-state index contributed by atoms with van der Waals surface area (Å²) >= 11 is 0. The molecule has 2 rings (SSSR count). The molecule has 1 aliphatic carbocycles.